The average molecular weight is 223 g/mol. The van der Waals surface area contributed by atoms with Crippen LogP contribution in [0.4, 0.5) is 13.2 Å². The Kier molecular flexibility index (Phi) is 5.25. The fourth-order valence-corrected chi connectivity index (χ4v) is 0.648. The lowest BCUT2D eigenvalue weighted by Crippen LogP contribution is -2.21. The van der Waals surface area contributed by atoms with Crippen molar-refractivity contribution in [3.8, 4) is 0 Å². The molecule has 84 valence electrons. The van der Waals surface area contributed by atoms with Crippen LogP contribution in [0.1, 0.15) is 6.92 Å². The van der Waals surface area contributed by atoms with Crippen molar-refractivity contribution < 1.29 is 22.7 Å². The Balaban J connectivity index is 4.66. The zero-order valence-electron chi connectivity index (χ0n) is 7.78. The van der Waals surface area contributed by atoms with Crippen molar-refractivity contribution in [2.24, 2.45) is 5.11 Å². The van der Waals surface area contributed by atoms with E-state index in [-0.39, 0.29) is 18.4 Å². The summed E-state index contributed by atoms with van der Waals surface area (Å²) in [6, 6.07) is 0. The zero-order valence-corrected chi connectivity index (χ0v) is 7.78. The monoisotopic (exact) mass is 223 g/mol. The molecule has 0 rings (SSSR count). The van der Waals surface area contributed by atoms with Crippen LogP contribution in [-0.4, -0.2) is 25.1 Å². The molecule has 8 heteroatoms. The average Bonchev–Trinajstić information content (AvgIpc) is 2.13. The number of halogens is 3. The second-order valence-corrected chi connectivity index (χ2v) is 2.29. The van der Waals surface area contributed by atoms with Gasteiger partial charge in [0.05, 0.1) is 13.2 Å². The minimum absolute atomic E-state index is 0.0813. The predicted octanol–water partition coefficient (Wildman–Crippen LogP) is 2.35. The predicted molar refractivity (Wildman–Crippen MR) is 44.8 cm³/mol. The minimum atomic E-state index is -4.95. The summed E-state index contributed by atoms with van der Waals surface area (Å²) >= 11 is 0. The molecule has 0 radical (unpaired) electrons. The second-order valence-electron chi connectivity index (χ2n) is 2.29. The van der Waals surface area contributed by atoms with Gasteiger partial charge in [0.25, 0.3) is 5.78 Å². The van der Waals surface area contributed by atoms with Crippen LogP contribution in [0, 0.1) is 0 Å². The molecule has 0 N–H and O–H groups in total. The van der Waals surface area contributed by atoms with Gasteiger partial charge in [-0.3, -0.25) is 4.79 Å². The maximum Gasteiger partial charge on any atom is 0.454 e. The third kappa shape index (κ3) is 5.58. The molecule has 0 aliphatic carbocycles. The Labute approximate surface area is 83.1 Å². The van der Waals surface area contributed by atoms with Gasteiger partial charge < -0.3 is 4.74 Å². The highest BCUT2D eigenvalue weighted by Gasteiger charge is 2.36. The van der Waals surface area contributed by atoms with Crippen molar-refractivity contribution in [2.75, 3.05) is 13.2 Å². The summed E-state index contributed by atoms with van der Waals surface area (Å²) in [4.78, 5) is 12.8. The number of carbonyl (C=O) groups is 1. The van der Waals surface area contributed by atoms with E-state index in [4.69, 9.17) is 5.53 Å². The topological polar surface area (TPSA) is 75.1 Å². The van der Waals surface area contributed by atoms with Crippen molar-refractivity contribution in [1.29, 1.82) is 0 Å². The smallest absolute Gasteiger partial charge is 0.454 e. The van der Waals surface area contributed by atoms with Crippen molar-refractivity contribution in [3.63, 3.8) is 0 Å². The van der Waals surface area contributed by atoms with Crippen molar-refractivity contribution in [1.82, 2.24) is 0 Å². The molecule has 5 nitrogen and oxygen atoms in total. The van der Waals surface area contributed by atoms with E-state index in [2.05, 4.69) is 14.8 Å². The first kappa shape index (κ1) is 13.3. The number of azide groups is 1. The summed E-state index contributed by atoms with van der Waals surface area (Å²) in [5.41, 5.74) is 7.95. The molecule has 0 fully saturated rings. The van der Waals surface area contributed by atoms with E-state index in [0.717, 1.165) is 0 Å². The third-order valence-electron chi connectivity index (χ3n) is 1.19. The zero-order chi connectivity index (χ0) is 11.9. The lowest BCUT2D eigenvalue weighted by molar-refractivity contribution is -0.165. The number of rotatable bonds is 5. The molecule has 0 bridgehead atoms. The van der Waals surface area contributed by atoms with Gasteiger partial charge >= 0.3 is 6.18 Å². The summed E-state index contributed by atoms with van der Waals surface area (Å²) in [5.74, 6) is -2.35. The Hall–Kier alpha value is -1.69. The lowest BCUT2D eigenvalue weighted by Gasteiger charge is -2.06. The highest BCUT2D eigenvalue weighted by Crippen LogP contribution is 2.17. The van der Waals surface area contributed by atoms with Gasteiger partial charge in [0, 0.05) is 11.0 Å². The Morgan fingerprint density at radius 3 is 2.60 bits per heavy atom. The molecular formula is C7H8F3N3O2. The number of alkyl halides is 3. The van der Waals surface area contributed by atoms with Gasteiger partial charge in [0.2, 0.25) is 0 Å². The summed E-state index contributed by atoms with van der Waals surface area (Å²) in [6.45, 7) is 1.19. The van der Waals surface area contributed by atoms with Gasteiger partial charge in [-0.05, 0) is 12.5 Å². The van der Waals surface area contributed by atoms with Crippen LogP contribution in [0.5, 0.6) is 0 Å². The molecule has 0 unspecified atom stereocenters. The Morgan fingerprint density at radius 1 is 1.60 bits per heavy atom. The van der Waals surface area contributed by atoms with E-state index in [1.807, 2.05) is 0 Å². The summed E-state index contributed by atoms with van der Waals surface area (Å²) in [5, 5.41) is 2.99. The number of allylic oxidation sites excluding steroid dienone is 1. The quantitative estimate of drug-likeness (QED) is 0.236. The van der Waals surface area contributed by atoms with Crippen LogP contribution in [0.15, 0.2) is 16.9 Å². The second kappa shape index (κ2) is 5.92. The van der Waals surface area contributed by atoms with Crippen LogP contribution in [0.25, 0.3) is 10.4 Å². The molecule has 0 aromatic rings. The van der Waals surface area contributed by atoms with E-state index in [1.165, 1.54) is 6.92 Å². The Bertz CT molecular complexity index is 305. The molecule has 0 atom stereocenters. The summed E-state index contributed by atoms with van der Waals surface area (Å²) in [6.07, 6.45) is -4.67. The fourth-order valence-electron chi connectivity index (χ4n) is 0.648. The maximum atomic E-state index is 11.8. The highest BCUT2D eigenvalue weighted by atomic mass is 19.4. The van der Waals surface area contributed by atoms with Gasteiger partial charge in [-0.15, -0.1) is 0 Å². The van der Waals surface area contributed by atoms with E-state index >= 15 is 0 Å². The standard InChI is InChI=1S/C7H8F3N3O2/c1-2-15-5(4-12-13-11)3-6(14)7(8,9)10/h3H,2,4H2,1H3/b5-3-. The molecule has 0 aromatic heterocycles. The molecule has 0 saturated carbocycles. The van der Waals surface area contributed by atoms with Crippen molar-refractivity contribution >= 4 is 5.78 Å². The first-order chi connectivity index (χ1) is 6.91. The molecular weight excluding hydrogens is 215 g/mol. The highest BCUT2D eigenvalue weighted by molar-refractivity contribution is 5.94. The number of ether oxygens (including phenoxy) is 1. The number of ketones is 1. The van der Waals surface area contributed by atoms with Crippen LogP contribution in [0.3, 0.4) is 0 Å². The normalized spacial score (nSPS) is 11.9. The Morgan fingerprint density at radius 2 is 2.20 bits per heavy atom. The molecule has 0 saturated heterocycles. The molecule has 0 heterocycles. The first-order valence-corrected chi connectivity index (χ1v) is 3.87. The summed E-state index contributed by atoms with van der Waals surface area (Å²) in [7, 11) is 0. The number of hydrogen-bond donors (Lipinski definition) is 0. The van der Waals surface area contributed by atoms with Gasteiger partial charge in [-0.25, -0.2) is 0 Å². The lowest BCUT2D eigenvalue weighted by atomic mass is 10.3. The third-order valence-corrected chi connectivity index (χ3v) is 1.19. The van der Waals surface area contributed by atoms with Crippen molar-refractivity contribution in [3.05, 3.63) is 22.3 Å². The molecule has 0 amide bonds. The molecule has 0 aliphatic heterocycles. The van der Waals surface area contributed by atoms with Gasteiger partial charge in [-0.2, -0.15) is 13.2 Å². The molecule has 15 heavy (non-hydrogen) atoms. The van der Waals surface area contributed by atoms with Gasteiger partial charge in [0.1, 0.15) is 5.76 Å². The fraction of sp³-hybridized carbons (Fsp3) is 0.571. The minimum Gasteiger partial charge on any atom is -0.498 e. The van der Waals surface area contributed by atoms with E-state index in [1.54, 1.807) is 0 Å². The summed E-state index contributed by atoms with van der Waals surface area (Å²) < 4.78 is 40.1. The molecule has 0 aromatic carbocycles. The van der Waals surface area contributed by atoms with Crippen LogP contribution < -0.4 is 0 Å². The SMILES string of the molecule is CCO/C(=C\C(=O)C(F)(F)F)CN=[N+]=[N-]. The van der Waals surface area contributed by atoms with Crippen LogP contribution in [-0.2, 0) is 9.53 Å². The van der Waals surface area contributed by atoms with Gasteiger partial charge in [-0.1, -0.05) is 5.11 Å². The van der Waals surface area contributed by atoms with Crippen molar-refractivity contribution in [2.45, 2.75) is 13.1 Å². The molecule has 0 aliphatic rings. The van der Waals surface area contributed by atoms with E-state index in [9.17, 15) is 18.0 Å². The first-order valence-electron chi connectivity index (χ1n) is 3.87. The maximum absolute atomic E-state index is 11.8. The van der Waals surface area contributed by atoms with Crippen LogP contribution in [0.2, 0.25) is 0 Å². The largest absolute Gasteiger partial charge is 0.498 e. The van der Waals surface area contributed by atoms with Gasteiger partial charge in [0.15, 0.2) is 0 Å². The van der Waals surface area contributed by atoms with Crippen LogP contribution >= 0.6 is 0 Å². The van der Waals surface area contributed by atoms with E-state index < -0.39 is 18.5 Å². The number of nitrogens with zero attached hydrogens (tertiary/aromatic N) is 3. The number of carbonyl (C=O) groups excluding carboxylic acids is 1. The van der Waals surface area contributed by atoms with E-state index in [0.29, 0.717) is 0 Å². The number of hydrogen-bond acceptors (Lipinski definition) is 3. The molecule has 0 spiro atoms.